The number of aliphatic imine (C=N–C) groups is 1. The third-order valence-electron chi connectivity index (χ3n) is 10.1. The molecular formula is C48H29F6N3O2. The van der Waals surface area contributed by atoms with Crippen molar-refractivity contribution in [2.75, 3.05) is 0 Å². The van der Waals surface area contributed by atoms with E-state index in [1.54, 1.807) is 24.3 Å². The Morgan fingerprint density at radius 3 is 1.10 bits per heavy atom. The van der Waals surface area contributed by atoms with Crippen LogP contribution in [-0.4, -0.2) is 18.4 Å². The molecule has 0 unspecified atom stereocenters. The predicted octanol–water partition coefficient (Wildman–Crippen LogP) is 13.0. The second-order valence-corrected chi connectivity index (χ2v) is 13.9. The molecule has 1 saturated carbocycles. The summed E-state index contributed by atoms with van der Waals surface area (Å²) in [5.41, 5.74) is 10.8. The van der Waals surface area contributed by atoms with Crippen molar-refractivity contribution in [2.24, 2.45) is 4.99 Å². The van der Waals surface area contributed by atoms with Crippen molar-refractivity contribution in [3.63, 3.8) is 0 Å². The molecule has 0 amide bonds. The SMILES string of the molecule is N#CN=C1C(c2ccc(C#N)cc2)=C(c2ccc(-c3ccc(OC(F)(F)F)cc3)cc2)C(c2ccc(-c3ccc(OC(F)(F)F)cc3)cc2)=C1c1ccc(C2CC2)cc1. The highest BCUT2D eigenvalue weighted by Gasteiger charge is 2.35. The monoisotopic (exact) mass is 793 g/mol. The van der Waals surface area contributed by atoms with Crippen LogP contribution >= 0.6 is 0 Å². The molecule has 0 spiro atoms. The molecule has 0 bridgehead atoms. The molecule has 2 aliphatic rings. The molecule has 0 radical (unpaired) electrons. The van der Waals surface area contributed by atoms with Crippen molar-refractivity contribution in [3.05, 3.63) is 179 Å². The van der Waals surface area contributed by atoms with E-state index in [-0.39, 0.29) is 11.5 Å². The summed E-state index contributed by atoms with van der Waals surface area (Å²) in [5.74, 6) is -0.166. The molecule has 0 aliphatic heterocycles. The number of nitrogens with zero attached hydrogens (tertiary/aromatic N) is 3. The first kappa shape index (κ1) is 38.5. The van der Waals surface area contributed by atoms with E-state index in [2.05, 4.69) is 32.7 Å². The molecule has 0 aromatic heterocycles. The van der Waals surface area contributed by atoms with Gasteiger partial charge in [0.15, 0.2) is 0 Å². The first-order valence-electron chi connectivity index (χ1n) is 18.4. The molecule has 0 N–H and O–H groups in total. The van der Waals surface area contributed by atoms with Gasteiger partial charge in [-0.2, -0.15) is 15.5 Å². The number of ether oxygens (including phenoxy) is 2. The fourth-order valence-electron chi connectivity index (χ4n) is 7.32. The fraction of sp³-hybridized carbons (Fsp3) is 0.104. The van der Waals surface area contributed by atoms with Gasteiger partial charge in [-0.05, 0) is 105 Å². The van der Waals surface area contributed by atoms with Crippen LogP contribution < -0.4 is 9.47 Å². The van der Waals surface area contributed by atoms with Crippen LogP contribution in [0.1, 0.15) is 52.1 Å². The predicted molar refractivity (Wildman–Crippen MR) is 213 cm³/mol. The first-order chi connectivity index (χ1) is 28.4. The second-order valence-electron chi connectivity index (χ2n) is 13.9. The van der Waals surface area contributed by atoms with Crippen molar-refractivity contribution in [3.8, 4) is 46.0 Å². The summed E-state index contributed by atoms with van der Waals surface area (Å²) in [4.78, 5) is 4.46. The molecule has 6 aromatic rings. The van der Waals surface area contributed by atoms with E-state index < -0.39 is 12.7 Å². The van der Waals surface area contributed by atoms with Crippen LogP contribution in [0.4, 0.5) is 26.3 Å². The highest BCUT2D eigenvalue weighted by atomic mass is 19.4. The molecule has 59 heavy (non-hydrogen) atoms. The Kier molecular flexibility index (Phi) is 10.1. The Hall–Kier alpha value is -7.37. The molecule has 290 valence electrons. The van der Waals surface area contributed by atoms with Gasteiger partial charge in [-0.25, -0.2) is 0 Å². The lowest BCUT2D eigenvalue weighted by Crippen LogP contribution is -2.16. The fourth-order valence-corrected chi connectivity index (χ4v) is 7.32. The smallest absolute Gasteiger partial charge is 0.406 e. The largest absolute Gasteiger partial charge is 0.573 e. The number of benzene rings is 6. The third kappa shape index (κ3) is 8.51. The van der Waals surface area contributed by atoms with Gasteiger partial charge in [0.1, 0.15) is 11.5 Å². The van der Waals surface area contributed by atoms with Gasteiger partial charge in [0.2, 0.25) is 6.19 Å². The van der Waals surface area contributed by atoms with E-state index in [0.717, 1.165) is 51.8 Å². The van der Waals surface area contributed by atoms with Gasteiger partial charge in [0.25, 0.3) is 0 Å². The van der Waals surface area contributed by atoms with Gasteiger partial charge in [-0.1, -0.05) is 109 Å². The summed E-state index contributed by atoms with van der Waals surface area (Å²) < 4.78 is 85.0. The minimum atomic E-state index is -4.82. The highest BCUT2D eigenvalue weighted by Crippen LogP contribution is 2.51. The van der Waals surface area contributed by atoms with Gasteiger partial charge < -0.3 is 9.47 Å². The summed E-state index contributed by atoms with van der Waals surface area (Å²) in [5, 5.41) is 19.8. The van der Waals surface area contributed by atoms with E-state index in [1.807, 2.05) is 79.0 Å². The van der Waals surface area contributed by atoms with Crippen LogP contribution in [-0.2, 0) is 0 Å². The zero-order valence-corrected chi connectivity index (χ0v) is 30.8. The number of allylic oxidation sites excluding steroid dienone is 4. The zero-order valence-electron chi connectivity index (χ0n) is 30.8. The van der Waals surface area contributed by atoms with Crippen molar-refractivity contribution < 1.29 is 35.8 Å². The average Bonchev–Trinajstić information content (AvgIpc) is 4.03. The summed E-state index contributed by atoms with van der Waals surface area (Å²) >= 11 is 0. The third-order valence-corrected chi connectivity index (χ3v) is 10.1. The standard InChI is InChI=1S/C48H29F6N3O2/c49-47(50,51)58-40-23-19-34(20-24-40)32-7-13-36(14-8-32)42-43(37-15-9-33(10-16-37)35-21-25-41(26-22-35)59-48(52,53)54)45(39-17-11-31(12-18-39)30-5-6-30)46(57-28-56)44(42)38-3-1-29(27-55)2-4-38/h1-4,7-26,30H,5-6H2. The summed E-state index contributed by atoms with van der Waals surface area (Å²) in [6.45, 7) is 0. The second kappa shape index (κ2) is 15.5. The van der Waals surface area contributed by atoms with E-state index in [9.17, 15) is 36.9 Å². The summed E-state index contributed by atoms with van der Waals surface area (Å²) in [6.07, 6.45) is -5.37. The zero-order chi connectivity index (χ0) is 41.3. The minimum absolute atomic E-state index is 0.334. The Morgan fingerprint density at radius 1 is 0.441 bits per heavy atom. The number of nitriles is 2. The summed E-state index contributed by atoms with van der Waals surface area (Å²) in [7, 11) is 0. The lowest BCUT2D eigenvalue weighted by Gasteiger charge is -2.16. The molecule has 0 saturated heterocycles. The molecule has 1 fully saturated rings. The molecule has 0 atom stereocenters. The Morgan fingerprint density at radius 2 is 0.763 bits per heavy atom. The normalized spacial score (nSPS) is 14.9. The Bertz CT molecular complexity index is 2700. The van der Waals surface area contributed by atoms with Gasteiger partial charge in [0, 0.05) is 22.3 Å². The molecule has 8 rings (SSSR count). The minimum Gasteiger partial charge on any atom is -0.406 e. The van der Waals surface area contributed by atoms with Crippen molar-refractivity contribution in [1.82, 2.24) is 0 Å². The van der Waals surface area contributed by atoms with Crippen LogP contribution in [0.2, 0.25) is 0 Å². The van der Waals surface area contributed by atoms with E-state index in [0.29, 0.717) is 45.0 Å². The number of hydrogen-bond donors (Lipinski definition) is 0. The number of alkyl halides is 6. The maximum atomic E-state index is 12.8. The quantitative estimate of drug-likeness (QED) is 0.108. The first-order valence-corrected chi connectivity index (χ1v) is 18.4. The van der Waals surface area contributed by atoms with Gasteiger partial charge in [0.05, 0.1) is 17.3 Å². The topological polar surface area (TPSA) is 78.4 Å². The van der Waals surface area contributed by atoms with Gasteiger partial charge in [-0.3, -0.25) is 0 Å². The number of halogens is 6. The van der Waals surface area contributed by atoms with Crippen LogP contribution in [0, 0.1) is 22.8 Å². The van der Waals surface area contributed by atoms with E-state index in [4.69, 9.17) is 0 Å². The van der Waals surface area contributed by atoms with Crippen molar-refractivity contribution in [2.45, 2.75) is 31.5 Å². The molecule has 11 heteroatoms. The van der Waals surface area contributed by atoms with Crippen LogP contribution in [0.15, 0.2) is 151 Å². The van der Waals surface area contributed by atoms with Crippen LogP contribution in [0.5, 0.6) is 11.5 Å². The number of hydrogen-bond acceptors (Lipinski definition) is 5. The maximum Gasteiger partial charge on any atom is 0.573 e. The lowest BCUT2D eigenvalue weighted by atomic mass is 9.87. The summed E-state index contributed by atoms with van der Waals surface area (Å²) in [6, 6.07) is 43.6. The van der Waals surface area contributed by atoms with Crippen molar-refractivity contribution in [1.29, 1.82) is 10.5 Å². The van der Waals surface area contributed by atoms with Crippen LogP contribution in [0.25, 0.3) is 44.5 Å². The van der Waals surface area contributed by atoms with Gasteiger partial charge >= 0.3 is 12.7 Å². The lowest BCUT2D eigenvalue weighted by molar-refractivity contribution is -0.275. The van der Waals surface area contributed by atoms with E-state index >= 15 is 0 Å². The molecule has 2 aliphatic carbocycles. The molecular weight excluding hydrogens is 765 g/mol. The Balaban J connectivity index is 1.29. The molecule has 5 nitrogen and oxygen atoms in total. The Labute approximate surface area is 335 Å². The average molecular weight is 794 g/mol. The highest BCUT2D eigenvalue weighted by molar-refractivity contribution is 6.61. The number of rotatable bonds is 9. The molecule has 0 heterocycles. The van der Waals surface area contributed by atoms with E-state index in [1.165, 1.54) is 42.0 Å². The molecule has 6 aromatic carbocycles. The van der Waals surface area contributed by atoms with Gasteiger partial charge in [-0.15, -0.1) is 26.3 Å². The van der Waals surface area contributed by atoms with Crippen molar-refractivity contribution >= 4 is 28.0 Å². The maximum absolute atomic E-state index is 12.8. The van der Waals surface area contributed by atoms with Crippen LogP contribution in [0.3, 0.4) is 0 Å².